The van der Waals surface area contributed by atoms with Crippen molar-refractivity contribution in [2.75, 3.05) is 0 Å². The van der Waals surface area contributed by atoms with Crippen LogP contribution in [-0.4, -0.2) is 16.3 Å². The number of rotatable bonds is 6. The van der Waals surface area contributed by atoms with Gasteiger partial charge in [0.1, 0.15) is 0 Å². The zero-order valence-electron chi connectivity index (χ0n) is 9.56. The molecule has 1 aromatic carbocycles. The molecule has 5 heteroatoms. The average Bonchev–Trinajstić information content (AvgIpc) is 2.25. The first-order valence-electron chi connectivity index (χ1n) is 5.16. The molecule has 0 fully saturated rings. The number of carboxylic acids is 1. The van der Waals surface area contributed by atoms with Gasteiger partial charge in [0, 0.05) is 22.4 Å². The Bertz CT molecular complexity index is 358. The van der Waals surface area contributed by atoms with Crippen molar-refractivity contribution in [2.24, 2.45) is 0 Å². The zero-order chi connectivity index (χ0) is 12.0. The van der Waals surface area contributed by atoms with E-state index in [1.807, 2.05) is 31.2 Å². The number of hydrogen-bond donors (Lipinski definition) is 1. The SMILES string of the molecule is CC(CCC(=O)O)SCc1ccccc1Cl.Cl. The highest BCUT2D eigenvalue weighted by Crippen LogP contribution is 2.25. The van der Waals surface area contributed by atoms with Gasteiger partial charge in [-0.3, -0.25) is 4.79 Å². The highest BCUT2D eigenvalue weighted by Gasteiger charge is 2.07. The smallest absolute Gasteiger partial charge is 0.303 e. The van der Waals surface area contributed by atoms with Gasteiger partial charge >= 0.3 is 5.97 Å². The monoisotopic (exact) mass is 294 g/mol. The second kappa shape index (κ2) is 8.67. The Morgan fingerprint density at radius 2 is 2.12 bits per heavy atom. The molecular formula is C12H16Cl2O2S. The van der Waals surface area contributed by atoms with Gasteiger partial charge in [0.05, 0.1) is 0 Å². The maximum atomic E-state index is 10.4. The van der Waals surface area contributed by atoms with Crippen molar-refractivity contribution in [3.8, 4) is 0 Å². The van der Waals surface area contributed by atoms with Crippen molar-refractivity contribution in [3.63, 3.8) is 0 Å². The highest BCUT2D eigenvalue weighted by atomic mass is 35.5. The van der Waals surface area contributed by atoms with E-state index in [1.165, 1.54) is 0 Å². The van der Waals surface area contributed by atoms with Crippen molar-refractivity contribution in [1.82, 2.24) is 0 Å². The standard InChI is InChI=1S/C12H15ClO2S.ClH/c1-9(6-7-12(14)15)16-8-10-4-2-3-5-11(10)13;/h2-5,9H,6-8H2,1H3,(H,14,15);1H. The molecule has 1 aromatic rings. The first kappa shape index (κ1) is 16.6. The third kappa shape index (κ3) is 6.81. The second-order valence-corrected chi connectivity index (χ2v) is 5.48. The fraction of sp³-hybridized carbons (Fsp3) is 0.417. The van der Waals surface area contributed by atoms with E-state index in [4.69, 9.17) is 16.7 Å². The van der Waals surface area contributed by atoms with Gasteiger partial charge < -0.3 is 5.11 Å². The fourth-order valence-electron chi connectivity index (χ4n) is 1.26. The van der Waals surface area contributed by atoms with Crippen LogP contribution in [0.15, 0.2) is 24.3 Å². The summed E-state index contributed by atoms with van der Waals surface area (Å²) in [5, 5.41) is 9.68. The minimum absolute atomic E-state index is 0. The molecule has 0 aliphatic heterocycles. The number of carboxylic acid groups (broad SMARTS) is 1. The lowest BCUT2D eigenvalue weighted by molar-refractivity contribution is -0.137. The Kier molecular flexibility index (Phi) is 8.48. The molecule has 0 aromatic heterocycles. The summed E-state index contributed by atoms with van der Waals surface area (Å²) in [5.41, 5.74) is 1.11. The molecule has 0 aliphatic rings. The van der Waals surface area contributed by atoms with Gasteiger partial charge in [0.25, 0.3) is 0 Å². The van der Waals surface area contributed by atoms with Crippen LogP contribution in [0.1, 0.15) is 25.3 Å². The van der Waals surface area contributed by atoms with E-state index < -0.39 is 5.97 Å². The number of thioether (sulfide) groups is 1. The summed E-state index contributed by atoms with van der Waals surface area (Å²) in [4.78, 5) is 10.4. The molecule has 0 saturated heterocycles. The van der Waals surface area contributed by atoms with Crippen LogP contribution in [0.2, 0.25) is 5.02 Å². The molecule has 1 rings (SSSR count). The molecular weight excluding hydrogens is 279 g/mol. The Labute approximate surface area is 117 Å². The van der Waals surface area contributed by atoms with Crippen molar-refractivity contribution >= 4 is 41.7 Å². The van der Waals surface area contributed by atoms with Crippen LogP contribution < -0.4 is 0 Å². The van der Waals surface area contributed by atoms with E-state index in [1.54, 1.807) is 11.8 Å². The van der Waals surface area contributed by atoms with Crippen molar-refractivity contribution < 1.29 is 9.90 Å². The molecule has 2 nitrogen and oxygen atoms in total. The van der Waals surface area contributed by atoms with E-state index in [0.717, 1.165) is 16.3 Å². The van der Waals surface area contributed by atoms with Crippen LogP contribution in [0, 0.1) is 0 Å². The zero-order valence-corrected chi connectivity index (χ0v) is 11.9. The fourth-order valence-corrected chi connectivity index (χ4v) is 2.54. The topological polar surface area (TPSA) is 37.3 Å². The van der Waals surface area contributed by atoms with Gasteiger partial charge in [-0.1, -0.05) is 36.7 Å². The third-order valence-corrected chi connectivity index (χ3v) is 3.90. The van der Waals surface area contributed by atoms with Crippen molar-refractivity contribution in [3.05, 3.63) is 34.9 Å². The molecule has 0 radical (unpaired) electrons. The molecule has 0 saturated carbocycles. The van der Waals surface area contributed by atoms with Crippen molar-refractivity contribution in [1.29, 1.82) is 0 Å². The predicted molar refractivity (Wildman–Crippen MR) is 76.3 cm³/mol. The summed E-state index contributed by atoms with van der Waals surface area (Å²) < 4.78 is 0. The summed E-state index contributed by atoms with van der Waals surface area (Å²) in [6.45, 7) is 2.05. The molecule has 96 valence electrons. The predicted octanol–water partition coefficient (Wildman–Crippen LogP) is 4.25. The van der Waals surface area contributed by atoms with E-state index in [9.17, 15) is 4.79 Å². The molecule has 0 aliphatic carbocycles. The Morgan fingerprint density at radius 3 is 2.71 bits per heavy atom. The van der Waals surface area contributed by atoms with Crippen LogP contribution in [0.5, 0.6) is 0 Å². The third-order valence-electron chi connectivity index (χ3n) is 2.25. The molecule has 1 N–H and O–H groups in total. The minimum atomic E-state index is -0.731. The lowest BCUT2D eigenvalue weighted by atomic mass is 10.2. The Balaban J connectivity index is 0.00000256. The number of hydrogen-bond acceptors (Lipinski definition) is 2. The van der Waals surface area contributed by atoms with Crippen LogP contribution >= 0.6 is 35.8 Å². The Morgan fingerprint density at radius 1 is 1.47 bits per heavy atom. The minimum Gasteiger partial charge on any atom is -0.481 e. The second-order valence-electron chi connectivity index (χ2n) is 3.65. The summed E-state index contributed by atoms with van der Waals surface area (Å²) in [6.07, 6.45) is 0.932. The summed E-state index contributed by atoms with van der Waals surface area (Å²) in [7, 11) is 0. The molecule has 1 atom stereocenters. The lowest BCUT2D eigenvalue weighted by Gasteiger charge is -2.10. The van der Waals surface area contributed by atoms with Gasteiger partial charge in [0.2, 0.25) is 0 Å². The maximum absolute atomic E-state index is 10.4. The number of halogens is 2. The maximum Gasteiger partial charge on any atom is 0.303 e. The quantitative estimate of drug-likeness (QED) is 0.852. The first-order valence-corrected chi connectivity index (χ1v) is 6.59. The summed E-state index contributed by atoms with van der Waals surface area (Å²) in [6, 6.07) is 7.74. The van der Waals surface area contributed by atoms with Gasteiger partial charge in [0.15, 0.2) is 0 Å². The van der Waals surface area contributed by atoms with Gasteiger partial charge in [-0.25, -0.2) is 0 Å². The largest absolute Gasteiger partial charge is 0.481 e. The molecule has 17 heavy (non-hydrogen) atoms. The van der Waals surface area contributed by atoms with Gasteiger partial charge in [-0.15, -0.1) is 12.4 Å². The molecule has 0 spiro atoms. The highest BCUT2D eigenvalue weighted by molar-refractivity contribution is 7.99. The van der Waals surface area contributed by atoms with Gasteiger partial charge in [-0.05, 0) is 18.1 Å². The van der Waals surface area contributed by atoms with Crippen LogP contribution in [-0.2, 0) is 10.5 Å². The summed E-state index contributed by atoms with van der Waals surface area (Å²) in [5.74, 6) is 0.102. The van der Waals surface area contributed by atoms with E-state index in [2.05, 4.69) is 0 Å². The van der Waals surface area contributed by atoms with Crippen LogP contribution in [0.25, 0.3) is 0 Å². The van der Waals surface area contributed by atoms with Crippen LogP contribution in [0.3, 0.4) is 0 Å². The normalized spacial score (nSPS) is 11.6. The summed E-state index contributed by atoms with van der Waals surface area (Å²) >= 11 is 7.77. The number of benzene rings is 1. The lowest BCUT2D eigenvalue weighted by Crippen LogP contribution is -2.02. The molecule has 0 bridgehead atoms. The number of aliphatic carboxylic acids is 1. The van der Waals surface area contributed by atoms with E-state index in [0.29, 0.717) is 11.7 Å². The molecule has 0 heterocycles. The molecule has 1 unspecified atom stereocenters. The average molecular weight is 295 g/mol. The van der Waals surface area contributed by atoms with Crippen molar-refractivity contribution in [2.45, 2.75) is 30.8 Å². The van der Waals surface area contributed by atoms with E-state index in [-0.39, 0.29) is 18.8 Å². The van der Waals surface area contributed by atoms with E-state index >= 15 is 0 Å². The first-order chi connectivity index (χ1) is 7.59. The molecule has 0 amide bonds. The van der Waals surface area contributed by atoms with Gasteiger partial charge in [-0.2, -0.15) is 11.8 Å². The number of carbonyl (C=O) groups is 1. The van der Waals surface area contributed by atoms with Crippen LogP contribution in [0.4, 0.5) is 0 Å². The Hall–Kier alpha value is -0.380.